The second-order valence-corrected chi connectivity index (χ2v) is 2.90. The lowest BCUT2D eigenvalue weighted by Gasteiger charge is -1.93. The van der Waals surface area contributed by atoms with Gasteiger partial charge in [-0.1, -0.05) is 5.92 Å². The third kappa shape index (κ3) is 1.82. The fourth-order valence-corrected chi connectivity index (χ4v) is 1.47. The van der Waals surface area contributed by atoms with Crippen molar-refractivity contribution in [2.45, 2.75) is 0 Å². The third-order valence-electron chi connectivity index (χ3n) is 0.713. The monoisotopic (exact) mass is 266 g/mol. The Labute approximate surface area is 76.3 Å². The molecule has 52 valence electrons. The molecule has 0 radical (unpaired) electrons. The lowest BCUT2D eigenvalue weighted by atomic mass is 10.7. The number of nitrogens with zero attached hydrogens (tertiary/aromatic N) is 2. The van der Waals surface area contributed by atoms with Crippen molar-refractivity contribution in [3.05, 3.63) is 3.70 Å². The Kier molecular flexibility index (Phi) is 2.89. The second-order valence-electron chi connectivity index (χ2n) is 1.35. The van der Waals surface area contributed by atoms with E-state index in [0.717, 1.165) is 15.4 Å². The number of halogens is 1. The van der Waals surface area contributed by atoms with Gasteiger partial charge in [0.25, 0.3) is 5.88 Å². The predicted octanol–water partition coefficient (Wildman–Crippen LogP) is 1.15. The zero-order valence-electron chi connectivity index (χ0n) is 4.87. The second kappa shape index (κ2) is 3.73. The molecule has 0 spiro atoms. The first kappa shape index (κ1) is 7.75. The molecule has 0 saturated heterocycles. The van der Waals surface area contributed by atoms with Gasteiger partial charge in [0.2, 0.25) is 0 Å². The van der Waals surface area contributed by atoms with Gasteiger partial charge in [0.1, 0.15) is 0 Å². The van der Waals surface area contributed by atoms with Gasteiger partial charge in [-0.15, -0.1) is 10.8 Å². The molecule has 0 aliphatic heterocycles. The molecule has 0 atom stereocenters. The van der Waals surface area contributed by atoms with Gasteiger partial charge in [-0.3, -0.25) is 0 Å². The number of hydrogen-bond acceptors (Lipinski definition) is 4. The lowest BCUT2D eigenvalue weighted by Crippen LogP contribution is -1.94. The molecule has 0 fully saturated rings. The molecule has 0 unspecified atom stereocenters. The van der Waals surface area contributed by atoms with Crippen LogP contribution >= 0.6 is 34.3 Å². The van der Waals surface area contributed by atoms with Crippen LogP contribution in [0, 0.1) is 16.0 Å². The van der Waals surface area contributed by atoms with E-state index in [-0.39, 0.29) is 6.61 Å². The van der Waals surface area contributed by atoms with Crippen LogP contribution in [0.1, 0.15) is 0 Å². The Morgan fingerprint density at radius 3 is 3.00 bits per heavy atom. The van der Waals surface area contributed by atoms with E-state index in [4.69, 9.17) is 11.2 Å². The highest BCUT2D eigenvalue weighted by Gasteiger charge is 2.03. The summed E-state index contributed by atoms with van der Waals surface area (Å²) < 4.78 is 13.5. The summed E-state index contributed by atoms with van der Waals surface area (Å²) >= 11 is 3.15. The van der Waals surface area contributed by atoms with Gasteiger partial charge in [-0.25, -0.2) is 0 Å². The molecular weight excluding hydrogens is 263 g/mol. The first-order valence-electron chi connectivity index (χ1n) is 2.39. The van der Waals surface area contributed by atoms with Gasteiger partial charge >= 0.3 is 0 Å². The average molecular weight is 266 g/mol. The van der Waals surface area contributed by atoms with Gasteiger partial charge in [0.05, 0.1) is 11.7 Å². The smallest absolute Gasteiger partial charge is 0.260 e. The summed E-state index contributed by atoms with van der Waals surface area (Å²) in [6.45, 7) is 0.251. The van der Waals surface area contributed by atoms with Crippen LogP contribution < -0.4 is 4.74 Å². The van der Waals surface area contributed by atoms with Crippen molar-refractivity contribution in [1.29, 1.82) is 0 Å². The maximum Gasteiger partial charge on any atom is 0.260 e. The fraction of sp³-hybridized carbons (Fsp3) is 0.200. The van der Waals surface area contributed by atoms with Crippen molar-refractivity contribution in [2.75, 3.05) is 6.61 Å². The third-order valence-corrected chi connectivity index (χ3v) is 2.26. The topological polar surface area (TPSA) is 35.0 Å². The van der Waals surface area contributed by atoms with E-state index in [2.05, 4.69) is 14.7 Å². The maximum atomic E-state index is 5.02. The van der Waals surface area contributed by atoms with Crippen LogP contribution in [0.2, 0.25) is 0 Å². The van der Waals surface area contributed by atoms with Crippen molar-refractivity contribution in [2.24, 2.45) is 0 Å². The molecule has 0 aliphatic carbocycles. The molecule has 0 saturated carbocycles. The van der Waals surface area contributed by atoms with Crippen molar-refractivity contribution in [3.8, 4) is 18.2 Å². The summed E-state index contributed by atoms with van der Waals surface area (Å²) in [5.74, 6) is 2.88. The molecule has 1 rings (SSSR count). The Hall–Kier alpha value is -0.350. The number of terminal acetylenes is 1. The van der Waals surface area contributed by atoms with Crippen molar-refractivity contribution in [3.63, 3.8) is 0 Å². The van der Waals surface area contributed by atoms with Crippen molar-refractivity contribution in [1.82, 2.24) is 8.75 Å². The zero-order chi connectivity index (χ0) is 7.40. The molecular formula is C5H3IN2OS. The van der Waals surface area contributed by atoms with Gasteiger partial charge in [0, 0.05) is 0 Å². The van der Waals surface area contributed by atoms with Crippen LogP contribution in [0.3, 0.4) is 0 Å². The molecule has 1 heterocycles. The summed E-state index contributed by atoms with van der Waals surface area (Å²) in [6.07, 6.45) is 4.97. The number of hydrogen-bond donors (Lipinski definition) is 0. The molecule has 1 aromatic heterocycles. The molecule has 0 aromatic carbocycles. The molecule has 0 N–H and O–H groups in total. The minimum atomic E-state index is 0.251. The normalized spacial score (nSPS) is 8.80. The Balaban J connectivity index is 2.59. The van der Waals surface area contributed by atoms with E-state index in [9.17, 15) is 0 Å². The first-order valence-corrected chi connectivity index (χ1v) is 4.20. The zero-order valence-corrected chi connectivity index (χ0v) is 7.85. The van der Waals surface area contributed by atoms with E-state index in [1.54, 1.807) is 0 Å². The van der Waals surface area contributed by atoms with Gasteiger partial charge in [0.15, 0.2) is 10.3 Å². The quantitative estimate of drug-likeness (QED) is 0.595. The van der Waals surface area contributed by atoms with E-state index >= 15 is 0 Å². The number of ether oxygens (including phenoxy) is 1. The Morgan fingerprint density at radius 2 is 2.50 bits per heavy atom. The minimum absolute atomic E-state index is 0.251. The van der Waals surface area contributed by atoms with Crippen LogP contribution in [-0.4, -0.2) is 15.4 Å². The van der Waals surface area contributed by atoms with E-state index in [0.29, 0.717) is 5.88 Å². The standard InChI is InChI=1S/C5H3IN2OS/c1-2-3-9-5-4(6)7-10-8-5/h1H,3H2. The van der Waals surface area contributed by atoms with Crippen LogP contribution in [0.5, 0.6) is 5.88 Å². The first-order chi connectivity index (χ1) is 4.84. The highest BCUT2D eigenvalue weighted by atomic mass is 127. The number of rotatable bonds is 2. The van der Waals surface area contributed by atoms with Gasteiger partial charge in [-0.2, -0.15) is 4.37 Å². The summed E-state index contributed by atoms with van der Waals surface area (Å²) in [5, 5.41) is 0. The summed E-state index contributed by atoms with van der Waals surface area (Å²) in [7, 11) is 0. The van der Waals surface area contributed by atoms with E-state index in [1.807, 2.05) is 22.6 Å². The maximum absolute atomic E-state index is 5.02. The average Bonchev–Trinajstić information content (AvgIpc) is 2.31. The molecule has 3 nitrogen and oxygen atoms in total. The van der Waals surface area contributed by atoms with Crippen molar-refractivity contribution < 1.29 is 4.74 Å². The fourth-order valence-electron chi connectivity index (χ4n) is 0.366. The predicted molar refractivity (Wildman–Crippen MR) is 47.0 cm³/mol. The Bertz CT molecular complexity index is 254. The van der Waals surface area contributed by atoms with Gasteiger partial charge < -0.3 is 4.74 Å². The van der Waals surface area contributed by atoms with E-state index < -0.39 is 0 Å². The van der Waals surface area contributed by atoms with Crippen LogP contribution in [0.4, 0.5) is 0 Å². The lowest BCUT2D eigenvalue weighted by molar-refractivity contribution is 0.356. The molecule has 5 heteroatoms. The van der Waals surface area contributed by atoms with E-state index in [1.165, 1.54) is 0 Å². The highest BCUT2D eigenvalue weighted by molar-refractivity contribution is 14.1. The van der Waals surface area contributed by atoms with Crippen molar-refractivity contribution >= 4 is 34.3 Å². The highest BCUT2D eigenvalue weighted by Crippen LogP contribution is 2.16. The van der Waals surface area contributed by atoms with Crippen LogP contribution in [-0.2, 0) is 0 Å². The SMILES string of the molecule is C#CCOc1nsnc1I. The summed E-state index contributed by atoms with van der Waals surface area (Å²) in [6, 6.07) is 0. The minimum Gasteiger partial charge on any atom is -0.462 e. The van der Waals surface area contributed by atoms with Gasteiger partial charge in [-0.05, 0) is 22.6 Å². The molecule has 10 heavy (non-hydrogen) atoms. The summed E-state index contributed by atoms with van der Waals surface area (Å²) in [5.41, 5.74) is 0. The largest absolute Gasteiger partial charge is 0.462 e. The molecule has 1 aromatic rings. The summed E-state index contributed by atoms with van der Waals surface area (Å²) in [4.78, 5) is 0. The van der Waals surface area contributed by atoms with Crippen LogP contribution in [0.15, 0.2) is 0 Å². The molecule has 0 amide bonds. The number of aromatic nitrogens is 2. The van der Waals surface area contributed by atoms with Crippen LogP contribution in [0.25, 0.3) is 0 Å². The molecule has 0 bridgehead atoms. The molecule has 0 aliphatic rings. The Morgan fingerprint density at radius 1 is 1.70 bits per heavy atom.